The van der Waals surface area contributed by atoms with Crippen LogP contribution in [0.2, 0.25) is 0 Å². The number of fused-ring (bicyclic) bond motifs is 1. The van der Waals surface area contributed by atoms with Gasteiger partial charge in [-0.3, -0.25) is 9.59 Å². The average molecular weight is 470 g/mol. The molecule has 2 aromatic rings. The minimum atomic E-state index is -3.79. The first kappa shape index (κ1) is 23.4. The molecular formula is C25H31N3O4S. The van der Waals surface area contributed by atoms with Crippen molar-refractivity contribution in [2.45, 2.75) is 50.3 Å². The number of nitrogens with one attached hydrogen (secondary N) is 1. The van der Waals surface area contributed by atoms with Gasteiger partial charge in [0.2, 0.25) is 21.8 Å². The second-order valence-corrected chi connectivity index (χ2v) is 11.3. The minimum absolute atomic E-state index is 0.0614. The molecular weight excluding hydrogens is 438 g/mol. The fourth-order valence-corrected chi connectivity index (χ4v) is 6.26. The van der Waals surface area contributed by atoms with Crippen molar-refractivity contribution < 1.29 is 18.0 Å². The summed E-state index contributed by atoms with van der Waals surface area (Å²) in [4.78, 5) is 27.2. The van der Waals surface area contributed by atoms with Gasteiger partial charge in [-0.2, -0.15) is 4.31 Å². The molecule has 1 atom stereocenters. The van der Waals surface area contributed by atoms with E-state index in [-0.39, 0.29) is 23.3 Å². The lowest BCUT2D eigenvalue weighted by Gasteiger charge is -2.31. The van der Waals surface area contributed by atoms with E-state index in [0.29, 0.717) is 30.6 Å². The molecule has 4 rings (SSSR count). The van der Waals surface area contributed by atoms with Crippen molar-refractivity contribution >= 4 is 33.2 Å². The van der Waals surface area contributed by atoms with E-state index < -0.39 is 21.4 Å². The zero-order chi connectivity index (χ0) is 24.0. The number of hydrogen-bond donors (Lipinski definition) is 1. The average Bonchev–Trinajstić information content (AvgIpc) is 2.99. The van der Waals surface area contributed by atoms with E-state index in [0.717, 1.165) is 12.1 Å². The number of carbonyl (C=O) groups is 2. The van der Waals surface area contributed by atoms with Gasteiger partial charge in [-0.15, -0.1) is 0 Å². The quantitative estimate of drug-likeness (QED) is 0.726. The number of sulfonamides is 1. The number of likely N-dealkylation sites (N-methyl/N-ethyl adjacent to an activating group) is 1. The number of hydrogen-bond acceptors (Lipinski definition) is 4. The van der Waals surface area contributed by atoms with Crippen molar-refractivity contribution in [1.82, 2.24) is 4.31 Å². The smallest absolute Gasteiger partial charge is 0.243 e. The summed E-state index contributed by atoms with van der Waals surface area (Å²) < 4.78 is 28.3. The standard InChI is InChI=1S/C25H31N3O4S/c1-5-17-8-10-19(11-9-17)26-23(29)18-7-6-14-28(16-18)33(31,32)20-12-13-22-21(15-20)25(2,3)24(30)27(22)4/h8-13,15,18H,5-7,14,16H2,1-4H3,(H,26,29). The van der Waals surface area contributed by atoms with Crippen LogP contribution in [0.3, 0.4) is 0 Å². The van der Waals surface area contributed by atoms with Gasteiger partial charge in [-0.1, -0.05) is 19.1 Å². The third kappa shape index (κ3) is 4.17. The van der Waals surface area contributed by atoms with Crippen molar-refractivity contribution in [2.24, 2.45) is 5.92 Å². The van der Waals surface area contributed by atoms with Crippen LogP contribution < -0.4 is 10.2 Å². The van der Waals surface area contributed by atoms with Crippen LogP contribution >= 0.6 is 0 Å². The normalized spacial score (nSPS) is 20.5. The van der Waals surface area contributed by atoms with E-state index in [2.05, 4.69) is 12.2 Å². The molecule has 7 nitrogen and oxygen atoms in total. The molecule has 2 heterocycles. The number of nitrogens with zero attached hydrogens (tertiary/aromatic N) is 2. The Morgan fingerprint density at radius 3 is 2.52 bits per heavy atom. The van der Waals surface area contributed by atoms with Crippen LogP contribution in [0.15, 0.2) is 47.4 Å². The van der Waals surface area contributed by atoms with E-state index >= 15 is 0 Å². The lowest BCUT2D eigenvalue weighted by Crippen LogP contribution is -2.43. The lowest BCUT2D eigenvalue weighted by molar-refractivity contribution is -0.122. The first-order valence-electron chi connectivity index (χ1n) is 11.4. The number of piperidine rings is 1. The zero-order valence-corrected chi connectivity index (χ0v) is 20.4. The molecule has 1 saturated heterocycles. The van der Waals surface area contributed by atoms with Crippen molar-refractivity contribution in [1.29, 1.82) is 0 Å². The highest BCUT2D eigenvalue weighted by molar-refractivity contribution is 7.89. The van der Waals surface area contributed by atoms with Crippen LogP contribution in [0.4, 0.5) is 11.4 Å². The summed E-state index contributed by atoms with van der Waals surface area (Å²) in [6, 6.07) is 12.6. The molecule has 0 saturated carbocycles. The predicted octanol–water partition coefficient (Wildman–Crippen LogP) is 3.54. The van der Waals surface area contributed by atoms with Gasteiger partial charge in [-0.05, 0) is 74.6 Å². The van der Waals surface area contributed by atoms with Crippen molar-refractivity contribution in [3.63, 3.8) is 0 Å². The summed E-state index contributed by atoms with van der Waals surface area (Å²) >= 11 is 0. The van der Waals surface area contributed by atoms with Gasteiger partial charge >= 0.3 is 0 Å². The molecule has 1 fully saturated rings. The lowest BCUT2D eigenvalue weighted by atomic mass is 9.86. The van der Waals surface area contributed by atoms with E-state index in [1.165, 1.54) is 9.87 Å². The van der Waals surface area contributed by atoms with Gasteiger partial charge in [0.25, 0.3) is 0 Å². The van der Waals surface area contributed by atoms with Crippen LogP contribution in [0.5, 0.6) is 0 Å². The first-order chi connectivity index (χ1) is 15.6. The maximum atomic E-state index is 13.5. The van der Waals surface area contributed by atoms with Gasteiger partial charge in [0.1, 0.15) is 0 Å². The number of rotatable bonds is 5. The number of aryl methyl sites for hydroxylation is 1. The Morgan fingerprint density at radius 1 is 1.15 bits per heavy atom. The predicted molar refractivity (Wildman–Crippen MR) is 129 cm³/mol. The molecule has 0 bridgehead atoms. The molecule has 2 amide bonds. The van der Waals surface area contributed by atoms with Crippen LogP contribution in [0.1, 0.15) is 44.7 Å². The van der Waals surface area contributed by atoms with E-state index in [1.807, 2.05) is 38.1 Å². The van der Waals surface area contributed by atoms with Gasteiger partial charge < -0.3 is 10.2 Å². The highest BCUT2D eigenvalue weighted by atomic mass is 32.2. The van der Waals surface area contributed by atoms with Gasteiger partial charge in [0.05, 0.1) is 16.2 Å². The third-order valence-corrected chi connectivity index (χ3v) is 8.73. The summed E-state index contributed by atoms with van der Waals surface area (Å²) in [7, 11) is -2.09. The Hall–Kier alpha value is -2.71. The molecule has 0 radical (unpaired) electrons. The summed E-state index contributed by atoms with van der Waals surface area (Å²) in [6.07, 6.45) is 2.18. The SMILES string of the molecule is CCc1ccc(NC(=O)C2CCCN(S(=O)(=O)c3ccc4c(c3)C(C)(C)C(=O)N4C)C2)cc1. The van der Waals surface area contributed by atoms with Gasteiger partial charge in [0, 0.05) is 31.5 Å². The Balaban J connectivity index is 1.52. The molecule has 2 aromatic carbocycles. The fourth-order valence-electron chi connectivity index (χ4n) is 4.70. The second-order valence-electron chi connectivity index (χ2n) is 9.41. The zero-order valence-electron chi connectivity index (χ0n) is 19.6. The molecule has 2 aliphatic heterocycles. The second kappa shape index (κ2) is 8.57. The molecule has 2 aliphatic rings. The molecule has 0 aliphatic carbocycles. The number of carbonyl (C=O) groups excluding carboxylic acids is 2. The monoisotopic (exact) mass is 469 g/mol. The number of anilines is 2. The van der Waals surface area contributed by atoms with Crippen molar-refractivity contribution in [3.8, 4) is 0 Å². The van der Waals surface area contributed by atoms with Crippen LogP contribution in [-0.4, -0.2) is 44.7 Å². The van der Waals surface area contributed by atoms with E-state index in [1.54, 1.807) is 30.1 Å². The Morgan fingerprint density at radius 2 is 1.85 bits per heavy atom. The maximum absolute atomic E-state index is 13.5. The molecule has 176 valence electrons. The topological polar surface area (TPSA) is 86.8 Å². The van der Waals surface area contributed by atoms with Gasteiger partial charge in [0.15, 0.2) is 0 Å². The van der Waals surface area contributed by atoms with E-state index in [9.17, 15) is 18.0 Å². The molecule has 0 spiro atoms. The molecule has 33 heavy (non-hydrogen) atoms. The van der Waals surface area contributed by atoms with Crippen molar-refractivity contribution in [2.75, 3.05) is 30.4 Å². The highest BCUT2D eigenvalue weighted by Crippen LogP contribution is 2.42. The Labute approximate surface area is 195 Å². The third-order valence-electron chi connectivity index (χ3n) is 6.86. The minimum Gasteiger partial charge on any atom is -0.326 e. The number of benzene rings is 2. The van der Waals surface area contributed by atoms with Crippen molar-refractivity contribution in [3.05, 3.63) is 53.6 Å². The Kier molecular flexibility index (Phi) is 6.09. The van der Waals surface area contributed by atoms with Crippen LogP contribution in [0.25, 0.3) is 0 Å². The molecule has 0 aromatic heterocycles. The molecule has 1 unspecified atom stereocenters. The van der Waals surface area contributed by atoms with Crippen LogP contribution in [0, 0.1) is 5.92 Å². The maximum Gasteiger partial charge on any atom is 0.243 e. The largest absolute Gasteiger partial charge is 0.326 e. The van der Waals surface area contributed by atoms with Gasteiger partial charge in [-0.25, -0.2) is 8.42 Å². The first-order valence-corrected chi connectivity index (χ1v) is 12.8. The van der Waals surface area contributed by atoms with E-state index in [4.69, 9.17) is 0 Å². The summed E-state index contributed by atoms with van der Waals surface area (Å²) in [5.41, 5.74) is 2.56. The summed E-state index contributed by atoms with van der Waals surface area (Å²) in [5, 5.41) is 2.93. The summed E-state index contributed by atoms with van der Waals surface area (Å²) in [6.45, 7) is 6.20. The number of amides is 2. The molecule has 8 heteroatoms. The molecule has 1 N–H and O–H groups in total. The fraction of sp³-hybridized carbons (Fsp3) is 0.440. The van der Waals surface area contributed by atoms with Crippen LogP contribution in [-0.2, 0) is 31.4 Å². The highest BCUT2D eigenvalue weighted by Gasteiger charge is 2.43. The Bertz CT molecular complexity index is 1190. The summed E-state index contributed by atoms with van der Waals surface area (Å²) in [5.74, 6) is -0.645.